The first kappa shape index (κ1) is 16.3. The van der Waals surface area contributed by atoms with E-state index in [0.717, 1.165) is 12.2 Å². The first-order chi connectivity index (χ1) is 10.2. The molecule has 122 valence electrons. The molecule has 1 aliphatic carbocycles. The van der Waals surface area contributed by atoms with Crippen molar-refractivity contribution in [3.05, 3.63) is 23.8 Å². The lowest BCUT2D eigenvalue weighted by molar-refractivity contribution is -0.172. The smallest absolute Gasteiger partial charge is 0.350 e. The molecule has 2 N–H and O–H groups in total. The van der Waals surface area contributed by atoms with Gasteiger partial charge in [0.1, 0.15) is 18.1 Å². The van der Waals surface area contributed by atoms with Gasteiger partial charge in [0.25, 0.3) is 0 Å². The van der Waals surface area contributed by atoms with Crippen LogP contribution in [0.15, 0.2) is 23.8 Å². The van der Waals surface area contributed by atoms with Gasteiger partial charge >= 0.3 is 12.2 Å². The number of carbonyl (C=O) groups excluding carboxylic acids is 2. The molecular weight excluding hydrogens is 306 g/mol. The van der Waals surface area contributed by atoms with Crippen molar-refractivity contribution < 1.29 is 27.2 Å². The van der Waals surface area contributed by atoms with Crippen molar-refractivity contribution in [3.8, 4) is 0 Å². The Morgan fingerprint density at radius 2 is 2.18 bits per heavy atom. The standard InChI is InChI=1S/C13H15F4N3O2/c1-20-10(6-19-12(20)22)11(21)18-5-7-2-3-9(14)8(4-7)13(15,16)17/h2-4,8-10H,5-6H2,1H3,(H,18,21)(H,19,22). The van der Waals surface area contributed by atoms with Crippen LogP contribution in [0.2, 0.25) is 0 Å². The topological polar surface area (TPSA) is 61.4 Å². The largest absolute Gasteiger partial charge is 0.398 e. The third kappa shape index (κ3) is 3.40. The Morgan fingerprint density at radius 1 is 1.50 bits per heavy atom. The molecule has 5 nitrogen and oxygen atoms in total. The van der Waals surface area contributed by atoms with Crippen molar-refractivity contribution in [2.45, 2.75) is 18.4 Å². The fourth-order valence-corrected chi connectivity index (χ4v) is 2.27. The number of hydrogen-bond acceptors (Lipinski definition) is 2. The van der Waals surface area contributed by atoms with Crippen molar-refractivity contribution in [2.75, 3.05) is 20.1 Å². The van der Waals surface area contributed by atoms with Crippen LogP contribution in [0.1, 0.15) is 0 Å². The Kier molecular flexibility index (Phi) is 4.43. The van der Waals surface area contributed by atoms with Crippen LogP contribution in [-0.2, 0) is 4.79 Å². The first-order valence-corrected chi connectivity index (χ1v) is 6.58. The highest BCUT2D eigenvalue weighted by molar-refractivity contribution is 5.90. The average molecular weight is 321 g/mol. The number of rotatable bonds is 3. The van der Waals surface area contributed by atoms with Crippen LogP contribution in [0.3, 0.4) is 0 Å². The molecular formula is C13H15F4N3O2. The van der Waals surface area contributed by atoms with Crippen molar-refractivity contribution >= 4 is 11.9 Å². The van der Waals surface area contributed by atoms with Gasteiger partial charge in [-0.25, -0.2) is 9.18 Å². The monoisotopic (exact) mass is 321 g/mol. The minimum atomic E-state index is -4.68. The fraction of sp³-hybridized carbons (Fsp3) is 0.538. The molecule has 0 bridgehead atoms. The van der Waals surface area contributed by atoms with Gasteiger partial charge in [0.15, 0.2) is 0 Å². The maximum atomic E-state index is 13.3. The number of urea groups is 1. The number of nitrogens with zero attached hydrogens (tertiary/aromatic N) is 1. The Balaban J connectivity index is 1.95. The van der Waals surface area contributed by atoms with Crippen LogP contribution in [-0.4, -0.2) is 55.4 Å². The third-order valence-electron chi connectivity index (χ3n) is 3.61. The van der Waals surface area contributed by atoms with E-state index in [9.17, 15) is 27.2 Å². The molecule has 9 heteroatoms. The molecule has 0 saturated carbocycles. The Hall–Kier alpha value is -2.06. The van der Waals surface area contributed by atoms with Gasteiger partial charge < -0.3 is 15.5 Å². The number of allylic oxidation sites excluding steroid dienone is 2. The number of halogens is 4. The number of amides is 3. The van der Waals surface area contributed by atoms with Crippen molar-refractivity contribution in [3.63, 3.8) is 0 Å². The van der Waals surface area contributed by atoms with E-state index in [4.69, 9.17) is 0 Å². The molecule has 3 unspecified atom stereocenters. The molecule has 1 saturated heterocycles. The summed E-state index contributed by atoms with van der Waals surface area (Å²) >= 11 is 0. The molecule has 0 aromatic heterocycles. The number of likely N-dealkylation sites (N-methyl/N-ethyl adjacent to an activating group) is 1. The molecule has 1 heterocycles. The molecule has 3 atom stereocenters. The Bertz CT molecular complexity index is 530. The number of nitrogens with one attached hydrogen (secondary N) is 2. The first-order valence-electron chi connectivity index (χ1n) is 6.58. The Morgan fingerprint density at radius 3 is 2.73 bits per heavy atom. The average Bonchev–Trinajstić information content (AvgIpc) is 2.76. The normalized spacial score (nSPS) is 28.4. The number of hydrogen-bond donors (Lipinski definition) is 2. The van der Waals surface area contributed by atoms with Crippen LogP contribution < -0.4 is 10.6 Å². The van der Waals surface area contributed by atoms with Crippen molar-refractivity contribution in [1.29, 1.82) is 0 Å². The molecule has 22 heavy (non-hydrogen) atoms. The zero-order valence-corrected chi connectivity index (χ0v) is 11.7. The van der Waals surface area contributed by atoms with Gasteiger partial charge in [-0.2, -0.15) is 13.2 Å². The van der Waals surface area contributed by atoms with E-state index in [2.05, 4.69) is 10.6 Å². The van der Waals surface area contributed by atoms with E-state index in [1.807, 2.05) is 0 Å². The van der Waals surface area contributed by atoms with Crippen LogP contribution in [0.5, 0.6) is 0 Å². The van der Waals surface area contributed by atoms with Gasteiger partial charge in [-0.05, 0) is 11.6 Å². The van der Waals surface area contributed by atoms with Crippen LogP contribution >= 0.6 is 0 Å². The molecule has 1 fully saturated rings. The zero-order valence-electron chi connectivity index (χ0n) is 11.7. The maximum Gasteiger partial charge on any atom is 0.398 e. The lowest BCUT2D eigenvalue weighted by Crippen LogP contribution is -2.44. The molecule has 3 amide bonds. The van der Waals surface area contributed by atoms with E-state index in [1.54, 1.807) is 0 Å². The maximum absolute atomic E-state index is 13.3. The molecule has 2 rings (SSSR count). The van der Waals surface area contributed by atoms with E-state index in [1.165, 1.54) is 18.0 Å². The van der Waals surface area contributed by atoms with Gasteiger partial charge in [-0.15, -0.1) is 0 Å². The predicted octanol–water partition coefficient (Wildman–Crippen LogP) is 1.14. The van der Waals surface area contributed by atoms with Gasteiger partial charge in [0.2, 0.25) is 5.91 Å². The third-order valence-corrected chi connectivity index (χ3v) is 3.61. The lowest BCUT2D eigenvalue weighted by atomic mass is 9.94. The highest BCUT2D eigenvalue weighted by Crippen LogP contribution is 2.35. The van der Waals surface area contributed by atoms with Gasteiger partial charge in [0.05, 0.1) is 0 Å². The zero-order chi connectivity index (χ0) is 16.5. The van der Waals surface area contributed by atoms with Gasteiger partial charge in [-0.1, -0.05) is 12.2 Å². The summed E-state index contributed by atoms with van der Waals surface area (Å²) in [6.07, 6.45) is -3.99. The lowest BCUT2D eigenvalue weighted by Gasteiger charge is -2.23. The second-order valence-electron chi connectivity index (χ2n) is 5.14. The number of carbonyl (C=O) groups is 2. The summed E-state index contributed by atoms with van der Waals surface area (Å²) in [6, 6.07) is -1.11. The number of alkyl halides is 4. The second kappa shape index (κ2) is 5.98. The fourth-order valence-electron chi connectivity index (χ4n) is 2.27. The molecule has 0 spiro atoms. The van der Waals surface area contributed by atoms with Crippen LogP contribution in [0.4, 0.5) is 22.4 Å². The highest BCUT2D eigenvalue weighted by Gasteiger charge is 2.44. The summed E-state index contributed by atoms with van der Waals surface area (Å²) in [5.41, 5.74) is 0.171. The Labute approximate surface area is 124 Å². The molecule has 1 aliphatic heterocycles. The summed E-state index contributed by atoms with van der Waals surface area (Å²) in [6.45, 7) is -0.0268. The predicted molar refractivity (Wildman–Crippen MR) is 69.6 cm³/mol. The molecule has 2 aliphatic rings. The van der Waals surface area contributed by atoms with E-state index in [-0.39, 0.29) is 18.7 Å². The van der Waals surface area contributed by atoms with Crippen molar-refractivity contribution in [2.24, 2.45) is 5.92 Å². The van der Waals surface area contributed by atoms with E-state index in [0.29, 0.717) is 0 Å². The second-order valence-corrected chi connectivity index (χ2v) is 5.14. The highest BCUT2D eigenvalue weighted by atomic mass is 19.4. The van der Waals surface area contributed by atoms with E-state index < -0.39 is 36.2 Å². The summed E-state index contributed by atoms with van der Waals surface area (Å²) in [5, 5.41) is 4.92. The quantitative estimate of drug-likeness (QED) is 0.766. The summed E-state index contributed by atoms with van der Waals surface area (Å²) in [5.74, 6) is -2.69. The van der Waals surface area contributed by atoms with Crippen LogP contribution in [0, 0.1) is 5.92 Å². The summed E-state index contributed by atoms with van der Waals surface area (Å²) in [7, 11) is 1.44. The van der Waals surface area contributed by atoms with Gasteiger partial charge in [0, 0.05) is 20.1 Å². The van der Waals surface area contributed by atoms with Crippen LogP contribution in [0.25, 0.3) is 0 Å². The SMILES string of the molecule is CN1C(=O)NCC1C(=O)NCC1=CC(C(F)(F)F)C(F)C=C1. The van der Waals surface area contributed by atoms with Crippen molar-refractivity contribution in [1.82, 2.24) is 15.5 Å². The van der Waals surface area contributed by atoms with E-state index >= 15 is 0 Å². The minimum Gasteiger partial charge on any atom is -0.350 e. The summed E-state index contributed by atoms with van der Waals surface area (Å²) < 4.78 is 51.2. The molecule has 0 radical (unpaired) electrons. The minimum absolute atomic E-state index is 0.133. The van der Waals surface area contributed by atoms with Gasteiger partial charge in [-0.3, -0.25) is 4.79 Å². The summed E-state index contributed by atoms with van der Waals surface area (Å²) in [4.78, 5) is 24.3. The molecule has 0 aromatic rings. The molecule has 0 aromatic carbocycles.